The van der Waals surface area contributed by atoms with Crippen molar-refractivity contribution in [3.63, 3.8) is 0 Å². The van der Waals surface area contributed by atoms with E-state index in [2.05, 4.69) is 95.4 Å². The number of para-hydroxylation sites is 3. The van der Waals surface area contributed by atoms with Gasteiger partial charge in [-0.25, -0.2) is 9.97 Å². The molecular weight excluding hydrogens is 490 g/mol. The molecule has 184 valence electrons. The lowest BCUT2D eigenvalue weighted by atomic mass is 9.97. The molecule has 0 saturated carbocycles. The molecule has 0 saturated heterocycles. The Labute approximate surface area is 227 Å². The second-order valence-electron chi connectivity index (χ2n) is 10.6. The van der Waals surface area contributed by atoms with Crippen molar-refractivity contribution < 1.29 is 4.42 Å². The summed E-state index contributed by atoms with van der Waals surface area (Å²) in [6.07, 6.45) is 0. The molecule has 0 aliphatic rings. The molecule has 10 rings (SSSR count). The van der Waals surface area contributed by atoms with E-state index >= 15 is 0 Å². The first-order valence-electron chi connectivity index (χ1n) is 13.5. The quantitative estimate of drug-likeness (QED) is 0.221. The molecule has 0 aliphatic heterocycles. The molecule has 0 unspecified atom stereocenters. The van der Waals surface area contributed by atoms with E-state index in [1.165, 1.54) is 32.7 Å². The number of aromatic nitrogens is 3. The second-order valence-corrected chi connectivity index (χ2v) is 10.6. The third-order valence-electron chi connectivity index (χ3n) is 8.50. The Morgan fingerprint density at radius 3 is 2.23 bits per heavy atom. The summed E-state index contributed by atoms with van der Waals surface area (Å²) < 4.78 is 8.73. The minimum absolute atomic E-state index is 0.892. The molecule has 0 N–H and O–H groups in total. The van der Waals surface area contributed by atoms with Crippen LogP contribution in [0.15, 0.2) is 120 Å². The van der Waals surface area contributed by atoms with Gasteiger partial charge in [0, 0.05) is 26.9 Å². The third-order valence-corrected chi connectivity index (χ3v) is 8.50. The van der Waals surface area contributed by atoms with Gasteiger partial charge in [0.15, 0.2) is 5.65 Å². The van der Waals surface area contributed by atoms with Gasteiger partial charge in [0.05, 0.1) is 22.1 Å². The highest BCUT2D eigenvalue weighted by Crippen LogP contribution is 2.42. The monoisotopic (exact) mass is 509 g/mol. The average Bonchev–Trinajstić information content (AvgIpc) is 3.64. The van der Waals surface area contributed by atoms with Crippen molar-refractivity contribution in [2.24, 2.45) is 0 Å². The number of hydrogen-bond acceptors (Lipinski definition) is 3. The molecule has 0 radical (unpaired) electrons. The SMILES string of the molecule is c1ccc2c(-c3ccc4oc5cc6c7cccc8c9nc%10ccccc%10nc9n(c6cc5c4c3)c78)cccc2c1. The Bertz CT molecular complexity index is 2650. The zero-order valence-corrected chi connectivity index (χ0v) is 21.2. The lowest BCUT2D eigenvalue weighted by molar-refractivity contribution is 0.669. The highest BCUT2D eigenvalue weighted by Gasteiger charge is 2.21. The van der Waals surface area contributed by atoms with Crippen LogP contribution in [-0.4, -0.2) is 14.4 Å². The Kier molecular flexibility index (Phi) is 3.65. The molecule has 4 heterocycles. The predicted molar refractivity (Wildman–Crippen MR) is 164 cm³/mol. The molecule has 0 spiro atoms. The molecule has 0 amide bonds. The number of nitrogens with zero attached hydrogens (tertiary/aromatic N) is 3. The fourth-order valence-corrected chi connectivity index (χ4v) is 6.72. The van der Waals surface area contributed by atoms with Gasteiger partial charge < -0.3 is 4.42 Å². The van der Waals surface area contributed by atoms with E-state index in [9.17, 15) is 0 Å². The van der Waals surface area contributed by atoms with Crippen molar-refractivity contribution in [1.29, 1.82) is 0 Å². The van der Waals surface area contributed by atoms with Crippen LogP contribution < -0.4 is 0 Å². The average molecular weight is 510 g/mol. The topological polar surface area (TPSA) is 43.3 Å². The van der Waals surface area contributed by atoms with Crippen LogP contribution in [0.4, 0.5) is 0 Å². The van der Waals surface area contributed by atoms with Crippen LogP contribution in [0.2, 0.25) is 0 Å². The second kappa shape index (κ2) is 7.13. The first-order chi connectivity index (χ1) is 19.8. The van der Waals surface area contributed by atoms with Crippen LogP contribution in [0.1, 0.15) is 0 Å². The lowest BCUT2D eigenvalue weighted by Gasteiger charge is -2.07. The molecule has 0 fully saturated rings. The van der Waals surface area contributed by atoms with Crippen LogP contribution in [0, 0.1) is 0 Å². The first kappa shape index (κ1) is 20.5. The molecule has 6 aromatic carbocycles. The number of fused-ring (bicyclic) bond motifs is 11. The van der Waals surface area contributed by atoms with E-state index in [0.29, 0.717) is 0 Å². The predicted octanol–water partition coefficient (Wildman–Crippen LogP) is 9.50. The van der Waals surface area contributed by atoms with E-state index < -0.39 is 0 Å². The lowest BCUT2D eigenvalue weighted by Crippen LogP contribution is -1.88. The number of rotatable bonds is 1. The van der Waals surface area contributed by atoms with Crippen LogP contribution in [-0.2, 0) is 0 Å². The van der Waals surface area contributed by atoms with Gasteiger partial charge >= 0.3 is 0 Å². The van der Waals surface area contributed by atoms with E-state index in [1.54, 1.807) is 0 Å². The summed E-state index contributed by atoms with van der Waals surface area (Å²) in [4.78, 5) is 10.2. The molecule has 4 heteroatoms. The molecular formula is C36H19N3O. The van der Waals surface area contributed by atoms with Gasteiger partial charge in [0.2, 0.25) is 0 Å². The van der Waals surface area contributed by atoms with E-state index in [0.717, 1.165) is 60.6 Å². The number of hydrogen-bond donors (Lipinski definition) is 0. The number of furan rings is 1. The minimum atomic E-state index is 0.892. The molecule has 0 aliphatic carbocycles. The zero-order chi connectivity index (χ0) is 25.9. The standard InChI is InChI=1S/C36H19N3O/c1-2-9-22-20(7-1)8-5-10-23(22)21-15-16-32-27(17-21)28-18-31-26(19-33(28)40-32)24-11-6-12-25-34-36(39(31)35(24)25)38-30-14-4-3-13-29(30)37-34/h1-19H. The first-order valence-corrected chi connectivity index (χ1v) is 13.5. The largest absolute Gasteiger partial charge is 0.456 e. The molecule has 40 heavy (non-hydrogen) atoms. The Balaban J connectivity index is 1.32. The summed E-state index contributed by atoms with van der Waals surface area (Å²) in [5, 5.41) is 8.19. The van der Waals surface area contributed by atoms with Gasteiger partial charge in [-0.15, -0.1) is 0 Å². The Hall–Kier alpha value is -5.48. The minimum Gasteiger partial charge on any atom is -0.456 e. The Morgan fingerprint density at radius 1 is 0.525 bits per heavy atom. The fourth-order valence-electron chi connectivity index (χ4n) is 6.72. The van der Waals surface area contributed by atoms with E-state index in [-0.39, 0.29) is 0 Å². The molecule has 4 aromatic heterocycles. The van der Waals surface area contributed by atoms with Crippen LogP contribution in [0.3, 0.4) is 0 Å². The van der Waals surface area contributed by atoms with Gasteiger partial charge in [0.25, 0.3) is 0 Å². The third kappa shape index (κ3) is 2.51. The van der Waals surface area contributed by atoms with Gasteiger partial charge in [-0.05, 0) is 58.3 Å². The molecule has 10 aromatic rings. The normalized spacial score (nSPS) is 12.5. The van der Waals surface area contributed by atoms with Crippen LogP contribution in [0.5, 0.6) is 0 Å². The van der Waals surface area contributed by atoms with E-state index in [1.807, 2.05) is 24.3 Å². The fraction of sp³-hybridized carbons (Fsp3) is 0. The van der Waals surface area contributed by atoms with Crippen molar-refractivity contribution in [2.45, 2.75) is 0 Å². The molecule has 0 atom stereocenters. The maximum atomic E-state index is 6.44. The van der Waals surface area contributed by atoms with Crippen molar-refractivity contribution in [3.05, 3.63) is 115 Å². The summed E-state index contributed by atoms with van der Waals surface area (Å²) in [7, 11) is 0. The maximum absolute atomic E-state index is 6.44. The summed E-state index contributed by atoms with van der Waals surface area (Å²) in [6.45, 7) is 0. The van der Waals surface area contributed by atoms with Crippen molar-refractivity contribution in [3.8, 4) is 11.1 Å². The van der Waals surface area contributed by atoms with Gasteiger partial charge in [0.1, 0.15) is 16.7 Å². The smallest absolute Gasteiger partial charge is 0.165 e. The van der Waals surface area contributed by atoms with Gasteiger partial charge in [-0.1, -0.05) is 78.9 Å². The summed E-state index contributed by atoms with van der Waals surface area (Å²) >= 11 is 0. The van der Waals surface area contributed by atoms with Crippen molar-refractivity contribution in [2.75, 3.05) is 0 Å². The van der Waals surface area contributed by atoms with Gasteiger partial charge in [-0.3, -0.25) is 4.40 Å². The highest BCUT2D eigenvalue weighted by atomic mass is 16.3. The van der Waals surface area contributed by atoms with Crippen molar-refractivity contribution in [1.82, 2.24) is 14.4 Å². The maximum Gasteiger partial charge on any atom is 0.165 e. The Morgan fingerprint density at radius 2 is 1.27 bits per heavy atom. The van der Waals surface area contributed by atoms with Crippen molar-refractivity contribution >= 4 is 82.1 Å². The van der Waals surface area contributed by atoms with Crippen LogP contribution in [0.25, 0.3) is 93.2 Å². The summed E-state index contributed by atoms with van der Waals surface area (Å²) in [6, 6.07) is 40.6. The summed E-state index contributed by atoms with van der Waals surface area (Å²) in [5.41, 5.74) is 10.1. The number of benzene rings is 6. The van der Waals surface area contributed by atoms with E-state index in [4.69, 9.17) is 14.4 Å². The molecule has 4 nitrogen and oxygen atoms in total. The van der Waals surface area contributed by atoms with Crippen LogP contribution >= 0.6 is 0 Å². The molecule has 0 bridgehead atoms. The van der Waals surface area contributed by atoms with Gasteiger partial charge in [-0.2, -0.15) is 0 Å². The highest BCUT2D eigenvalue weighted by molar-refractivity contribution is 6.25. The zero-order valence-electron chi connectivity index (χ0n) is 21.2. The summed E-state index contributed by atoms with van der Waals surface area (Å²) in [5.74, 6) is 0.